The van der Waals surface area contributed by atoms with Crippen molar-refractivity contribution in [2.24, 2.45) is 17.8 Å². The molecule has 1 aliphatic heterocycles. The quantitative estimate of drug-likeness (QED) is 0.831. The van der Waals surface area contributed by atoms with E-state index in [-0.39, 0.29) is 18.4 Å². The molecule has 2 N–H and O–H groups in total. The maximum absolute atomic E-state index is 12.2. The molecule has 2 unspecified atom stereocenters. The van der Waals surface area contributed by atoms with Gasteiger partial charge in [-0.3, -0.25) is 4.79 Å². The maximum Gasteiger partial charge on any atom is 0.317 e. The van der Waals surface area contributed by atoms with Crippen LogP contribution in [0.2, 0.25) is 0 Å². The predicted molar refractivity (Wildman–Crippen MR) is 76.4 cm³/mol. The Morgan fingerprint density at radius 1 is 1.40 bits per heavy atom. The van der Waals surface area contributed by atoms with Crippen LogP contribution >= 0.6 is 0 Å². The summed E-state index contributed by atoms with van der Waals surface area (Å²) in [6.45, 7) is 5.67. The van der Waals surface area contributed by atoms with Gasteiger partial charge in [0.1, 0.15) is 0 Å². The fourth-order valence-corrected chi connectivity index (χ4v) is 3.39. The Labute approximate surface area is 120 Å². The standard InChI is InChI=1S/C15H26N2O3/c1-10-6-13(7-10)16-15(20)17-5-3-4-12(9-17)11(2)8-14(18)19/h10-13H,3-9H2,1-2H3,(H,16,20)(H,18,19). The predicted octanol–water partition coefficient (Wildman–Crippen LogP) is 2.32. The minimum atomic E-state index is -0.748. The number of carbonyl (C=O) groups is 2. The molecule has 20 heavy (non-hydrogen) atoms. The molecular formula is C15H26N2O3. The highest BCUT2D eigenvalue weighted by atomic mass is 16.4. The average molecular weight is 282 g/mol. The zero-order chi connectivity index (χ0) is 14.7. The Morgan fingerprint density at radius 3 is 2.70 bits per heavy atom. The van der Waals surface area contributed by atoms with Gasteiger partial charge in [0.25, 0.3) is 0 Å². The molecule has 0 aromatic carbocycles. The molecule has 1 saturated heterocycles. The van der Waals surface area contributed by atoms with Gasteiger partial charge in [0.15, 0.2) is 0 Å². The van der Waals surface area contributed by atoms with Gasteiger partial charge in [-0.1, -0.05) is 13.8 Å². The van der Waals surface area contributed by atoms with E-state index in [0.29, 0.717) is 18.5 Å². The minimum Gasteiger partial charge on any atom is -0.481 e. The molecule has 0 radical (unpaired) electrons. The number of carboxylic acid groups (broad SMARTS) is 1. The molecule has 5 heteroatoms. The summed E-state index contributed by atoms with van der Waals surface area (Å²) in [4.78, 5) is 24.9. The summed E-state index contributed by atoms with van der Waals surface area (Å²) in [6.07, 6.45) is 4.36. The van der Waals surface area contributed by atoms with Crippen LogP contribution in [0.4, 0.5) is 4.79 Å². The Morgan fingerprint density at radius 2 is 2.10 bits per heavy atom. The summed E-state index contributed by atoms with van der Waals surface area (Å²) < 4.78 is 0. The largest absolute Gasteiger partial charge is 0.481 e. The van der Waals surface area contributed by atoms with E-state index in [0.717, 1.165) is 38.1 Å². The van der Waals surface area contributed by atoms with Gasteiger partial charge in [-0.25, -0.2) is 4.79 Å². The monoisotopic (exact) mass is 282 g/mol. The van der Waals surface area contributed by atoms with Crippen molar-refractivity contribution >= 4 is 12.0 Å². The lowest BCUT2D eigenvalue weighted by Crippen LogP contribution is -2.52. The van der Waals surface area contributed by atoms with Gasteiger partial charge in [0, 0.05) is 25.6 Å². The van der Waals surface area contributed by atoms with Crippen LogP contribution < -0.4 is 5.32 Å². The average Bonchev–Trinajstić information content (AvgIpc) is 2.36. The Kier molecular flexibility index (Phi) is 4.89. The molecule has 0 aromatic rings. The zero-order valence-electron chi connectivity index (χ0n) is 12.5. The van der Waals surface area contributed by atoms with E-state index in [9.17, 15) is 9.59 Å². The number of amides is 2. The molecule has 2 fully saturated rings. The Balaban J connectivity index is 1.80. The van der Waals surface area contributed by atoms with Crippen molar-refractivity contribution in [3.8, 4) is 0 Å². The highest BCUT2D eigenvalue weighted by Gasteiger charge is 2.31. The van der Waals surface area contributed by atoms with Crippen molar-refractivity contribution in [1.29, 1.82) is 0 Å². The molecule has 2 atom stereocenters. The molecule has 2 rings (SSSR count). The van der Waals surface area contributed by atoms with E-state index >= 15 is 0 Å². The number of nitrogens with one attached hydrogen (secondary N) is 1. The van der Waals surface area contributed by atoms with E-state index in [1.54, 1.807) is 0 Å². The second-order valence-electron chi connectivity index (χ2n) is 6.65. The normalized spacial score (nSPS) is 31.3. The molecule has 0 aromatic heterocycles. The highest BCUT2D eigenvalue weighted by Crippen LogP contribution is 2.28. The maximum atomic E-state index is 12.2. The lowest BCUT2D eigenvalue weighted by Gasteiger charge is -2.39. The van der Waals surface area contributed by atoms with Gasteiger partial charge in [-0.2, -0.15) is 0 Å². The van der Waals surface area contributed by atoms with E-state index in [2.05, 4.69) is 12.2 Å². The first-order chi connectivity index (χ1) is 9.45. The van der Waals surface area contributed by atoms with Crippen LogP contribution in [0.5, 0.6) is 0 Å². The number of nitrogens with zero attached hydrogens (tertiary/aromatic N) is 1. The third-order valence-electron chi connectivity index (χ3n) is 4.75. The SMILES string of the molecule is CC1CC(NC(=O)N2CCCC(C(C)CC(=O)O)C2)C1. The molecule has 1 aliphatic carbocycles. The first-order valence-corrected chi connectivity index (χ1v) is 7.73. The van der Waals surface area contributed by atoms with Gasteiger partial charge in [-0.15, -0.1) is 0 Å². The second kappa shape index (κ2) is 6.46. The van der Waals surface area contributed by atoms with Gasteiger partial charge >= 0.3 is 12.0 Å². The Hall–Kier alpha value is -1.26. The number of hydrogen-bond donors (Lipinski definition) is 2. The van der Waals surface area contributed by atoms with E-state index in [4.69, 9.17) is 5.11 Å². The van der Waals surface area contributed by atoms with E-state index < -0.39 is 5.97 Å². The lowest BCUT2D eigenvalue weighted by molar-refractivity contribution is -0.138. The lowest BCUT2D eigenvalue weighted by atomic mass is 9.82. The molecule has 0 bridgehead atoms. The first-order valence-electron chi connectivity index (χ1n) is 7.73. The molecule has 2 aliphatic rings. The minimum absolute atomic E-state index is 0.0362. The number of urea groups is 1. The van der Waals surface area contributed by atoms with Crippen molar-refractivity contribution in [3.05, 3.63) is 0 Å². The van der Waals surface area contributed by atoms with Crippen LogP contribution in [-0.4, -0.2) is 41.1 Å². The van der Waals surface area contributed by atoms with Gasteiger partial charge in [0.2, 0.25) is 0 Å². The van der Waals surface area contributed by atoms with Crippen molar-refractivity contribution in [2.75, 3.05) is 13.1 Å². The molecule has 1 saturated carbocycles. The summed E-state index contributed by atoms with van der Waals surface area (Å²) in [5.74, 6) is 0.422. The third-order valence-corrected chi connectivity index (χ3v) is 4.75. The molecule has 1 heterocycles. The first kappa shape index (κ1) is 15.1. The van der Waals surface area contributed by atoms with Crippen LogP contribution in [0, 0.1) is 17.8 Å². The molecule has 0 spiro atoms. The van der Waals surface area contributed by atoms with Crippen molar-refractivity contribution < 1.29 is 14.7 Å². The number of piperidine rings is 1. The van der Waals surface area contributed by atoms with Crippen molar-refractivity contribution in [1.82, 2.24) is 10.2 Å². The van der Waals surface area contributed by atoms with Crippen LogP contribution in [0.3, 0.4) is 0 Å². The molecule has 114 valence electrons. The van der Waals surface area contributed by atoms with Crippen molar-refractivity contribution in [3.63, 3.8) is 0 Å². The summed E-state index contributed by atoms with van der Waals surface area (Å²) in [6, 6.07) is 0.378. The Bertz CT molecular complexity index is 366. The highest BCUT2D eigenvalue weighted by molar-refractivity contribution is 5.74. The number of hydrogen-bond acceptors (Lipinski definition) is 2. The second-order valence-corrected chi connectivity index (χ2v) is 6.65. The molecule has 2 amide bonds. The molecule has 5 nitrogen and oxygen atoms in total. The van der Waals surface area contributed by atoms with Gasteiger partial charge in [0.05, 0.1) is 0 Å². The van der Waals surface area contributed by atoms with Crippen LogP contribution in [0.1, 0.15) is 46.0 Å². The summed E-state index contributed by atoms with van der Waals surface area (Å²) >= 11 is 0. The third kappa shape index (κ3) is 3.87. The van der Waals surface area contributed by atoms with Crippen molar-refractivity contribution in [2.45, 2.75) is 52.0 Å². The summed E-state index contributed by atoms with van der Waals surface area (Å²) in [7, 11) is 0. The van der Waals surface area contributed by atoms with Gasteiger partial charge in [-0.05, 0) is 43.4 Å². The fraction of sp³-hybridized carbons (Fsp3) is 0.867. The fourth-order valence-electron chi connectivity index (χ4n) is 3.39. The van der Waals surface area contributed by atoms with Crippen LogP contribution in [-0.2, 0) is 4.79 Å². The number of carbonyl (C=O) groups excluding carboxylic acids is 1. The number of likely N-dealkylation sites (tertiary alicyclic amines) is 1. The number of aliphatic carboxylic acids is 1. The van der Waals surface area contributed by atoms with E-state index in [1.807, 2.05) is 11.8 Å². The number of carboxylic acids is 1. The smallest absolute Gasteiger partial charge is 0.317 e. The molecular weight excluding hydrogens is 256 g/mol. The van der Waals surface area contributed by atoms with Crippen LogP contribution in [0.15, 0.2) is 0 Å². The van der Waals surface area contributed by atoms with Crippen LogP contribution in [0.25, 0.3) is 0 Å². The van der Waals surface area contributed by atoms with E-state index in [1.165, 1.54) is 0 Å². The topological polar surface area (TPSA) is 69.6 Å². The zero-order valence-corrected chi connectivity index (χ0v) is 12.5. The summed E-state index contributed by atoms with van der Waals surface area (Å²) in [5, 5.41) is 12.0. The van der Waals surface area contributed by atoms with Gasteiger partial charge < -0.3 is 15.3 Å². The number of rotatable bonds is 4. The summed E-state index contributed by atoms with van der Waals surface area (Å²) in [5.41, 5.74) is 0.